The number of allylic oxidation sites excluding steroid dienone is 1. The van der Waals surface area contributed by atoms with E-state index in [-0.39, 0.29) is 17.7 Å². The Morgan fingerprint density at radius 3 is 2.56 bits per heavy atom. The van der Waals surface area contributed by atoms with Gasteiger partial charge in [-0.25, -0.2) is 0 Å². The molecule has 0 spiro atoms. The normalized spacial score (nSPS) is 23.4. The number of rotatable bonds is 2. The van der Waals surface area contributed by atoms with Gasteiger partial charge in [-0.2, -0.15) is 0 Å². The summed E-state index contributed by atoms with van der Waals surface area (Å²) in [6.45, 7) is 1.35. The quantitative estimate of drug-likeness (QED) is 0.708. The van der Waals surface area contributed by atoms with E-state index in [1.54, 1.807) is 6.08 Å². The van der Waals surface area contributed by atoms with Crippen molar-refractivity contribution >= 4 is 11.8 Å². The second-order valence-electron chi connectivity index (χ2n) is 3.72. The SMILES string of the molecule is CC(=O)OC1C=CC(=O)C1c1ccccc1. The topological polar surface area (TPSA) is 43.4 Å². The Balaban J connectivity index is 2.25. The molecule has 2 unspecified atom stereocenters. The number of ether oxygens (including phenoxy) is 1. The van der Waals surface area contributed by atoms with E-state index in [2.05, 4.69) is 0 Å². The first-order chi connectivity index (χ1) is 7.68. The average Bonchev–Trinajstić information content (AvgIpc) is 2.60. The Morgan fingerprint density at radius 2 is 1.94 bits per heavy atom. The van der Waals surface area contributed by atoms with Crippen LogP contribution in [-0.4, -0.2) is 17.9 Å². The van der Waals surface area contributed by atoms with Gasteiger partial charge in [0, 0.05) is 6.92 Å². The molecule has 1 aliphatic rings. The van der Waals surface area contributed by atoms with Gasteiger partial charge in [-0.05, 0) is 17.7 Å². The Kier molecular flexibility index (Phi) is 2.86. The first-order valence-corrected chi connectivity index (χ1v) is 5.12. The van der Waals surface area contributed by atoms with E-state index in [0.29, 0.717) is 0 Å². The summed E-state index contributed by atoms with van der Waals surface area (Å²) in [7, 11) is 0. The van der Waals surface area contributed by atoms with Crippen molar-refractivity contribution < 1.29 is 14.3 Å². The van der Waals surface area contributed by atoms with Crippen LogP contribution in [0.25, 0.3) is 0 Å². The summed E-state index contributed by atoms with van der Waals surface area (Å²) in [5, 5.41) is 0. The molecule has 0 aliphatic heterocycles. The molecule has 1 aliphatic carbocycles. The van der Waals surface area contributed by atoms with Crippen molar-refractivity contribution in [1.29, 1.82) is 0 Å². The van der Waals surface area contributed by atoms with Crippen LogP contribution in [-0.2, 0) is 14.3 Å². The molecule has 16 heavy (non-hydrogen) atoms. The molecule has 3 nitrogen and oxygen atoms in total. The Labute approximate surface area is 93.7 Å². The maximum Gasteiger partial charge on any atom is 0.303 e. The predicted molar refractivity (Wildman–Crippen MR) is 58.9 cm³/mol. The fourth-order valence-corrected chi connectivity index (χ4v) is 1.88. The number of hydrogen-bond donors (Lipinski definition) is 0. The van der Waals surface area contributed by atoms with Crippen molar-refractivity contribution in [2.75, 3.05) is 0 Å². The summed E-state index contributed by atoms with van der Waals surface area (Å²) in [6, 6.07) is 9.35. The van der Waals surface area contributed by atoms with Gasteiger partial charge in [0.25, 0.3) is 0 Å². The van der Waals surface area contributed by atoms with Crippen molar-refractivity contribution in [3.63, 3.8) is 0 Å². The molecule has 0 saturated carbocycles. The highest BCUT2D eigenvalue weighted by Gasteiger charge is 2.33. The van der Waals surface area contributed by atoms with Crippen LogP contribution in [0.5, 0.6) is 0 Å². The van der Waals surface area contributed by atoms with Crippen LogP contribution in [0.1, 0.15) is 18.4 Å². The average molecular weight is 216 g/mol. The third-order valence-corrected chi connectivity index (χ3v) is 2.55. The van der Waals surface area contributed by atoms with Crippen LogP contribution in [0, 0.1) is 0 Å². The van der Waals surface area contributed by atoms with Crippen molar-refractivity contribution in [1.82, 2.24) is 0 Å². The molecule has 3 heteroatoms. The Bertz CT molecular complexity index is 434. The van der Waals surface area contributed by atoms with E-state index in [1.807, 2.05) is 30.3 Å². The van der Waals surface area contributed by atoms with Gasteiger partial charge in [0.1, 0.15) is 6.10 Å². The minimum absolute atomic E-state index is 0.0162. The third-order valence-electron chi connectivity index (χ3n) is 2.55. The molecular weight excluding hydrogens is 204 g/mol. The van der Waals surface area contributed by atoms with E-state index < -0.39 is 6.10 Å². The molecule has 0 N–H and O–H groups in total. The summed E-state index contributed by atoms with van der Waals surface area (Å²) in [4.78, 5) is 22.6. The lowest BCUT2D eigenvalue weighted by atomic mass is 9.94. The van der Waals surface area contributed by atoms with Gasteiger partial charge >= 0.3 is 5.97 Å². The maximum atomic E-state index is 11.7. The van der Waals surface area contributed by atoms with E-state index >= 15 is 0 Å². The minimum Gasteiger partial charge on any atom is -0.457 e. The van der Waals surface area contributed by atoms with Crippen LogP contribution < -0.4 is 0 Å². The standard InChI is InChI=1S/C13H12O3/c1-9(14)16-12-8-7-11(15)13(12)10-5-3-2-4-6-10/h2-8,12-13H,1H3. The van der Waals surface area contributed by atoms with Gasteiger partial charge in [-0.15, -0.1) is 0 Å². The van der Waals surface area contributed by atoms with Crippen molar-refractivity contribution in [2.24, 2.45) is 0 Å². The monoisotopic (exact) mass is 216 g/mol. The van der Waals surface area contributed by atoms with Crippen LogP contribution in [0.2, 0.25) is 0 Å². The zero-order valence-corrected chi connectivity index (χ0v) is 8.92. The van der Waals surface area contributed by atoms with E-state index in [9.17, 15) is 9.59 Å². The molecule has 1 aromatic carbocycles. The summed E-state index contributed by atoms with van der Waals surface area (Å²) in [6.07, 6.45) is 2.65. The van der Waals surface area contributed by atoms with Crippen LogP contribution >= 0.6 is 0 Å². The number of esters is 1. The molecule has 82 valence electrons. The molecule has 0 saturated heterocycles. The fourth-order valence-electron chi connectivity index (χ4n) is 1.88. The first-order valence-electron chi connectivity index (χ1n) is 5.12. The highest BCUT2D eigenvalue weighted by Crippen LogP contribution is 2.29. The van der Waals surface area contributed by atoms with Crippen molar-refractivity contribution in [3.05, 3.63) is 48.0 Å². The number of carbonyl (C=O) groups is 2. The zero-order chi connectivity index (χ0) is 11.5. The van der Waals surface area contributed by atoms with Gasteiger partial charge in [0.2, 0.25) is 0 Å². The summed E-state index contributed by atoms with van der Waals surface area (Å²) in [5.74, 6) is -0.771. The molecule has 2 atom stereocenters. The lowest BCUT2D eigenvalue weighted by Crippen LogP contribution is -2.23. The first kappa shape index (κ1) is 10.6. The van der Waals surface area contributed by atoms with Gasteiger partial charge in [-0.1, -0.05) is 30.3 Å². The molecule has 0 heterocycles. The lowest BCUT2D eigenvalue weighted by Gasteiger charge is -2.18. The smallest absolute Gasteiger partial charge is 0.303 e. The lowest BCUT2D eigenvalue weighted by molar-refractivity contribution is -0.145. The molecular formula is C13H12O3. The highest BCUT2D eigenvalue weighted by molar-refractivity contribution is 5.99. The Hall–Kier alpha value is -1.90. The molecule has 0 radical (unpaired) electrons. The largest absolute Gasteiger partial charge is 0.457 e. The van der Waals surface area contributed by atoms with Crippen molar-refractivity contribution in [2.45, 2.75) is 18.9 Å². The number of carbonyl (C=O) groups excluding carboxylic acids is 2. The summed E-state index contributed by atoms with van der Waals surface area (Å²) < 4.78 is 5.10. The molecule has 2 rings (SSSR count). The van der Waals surface area contributed by atoms with Crippen molar-refractivity contribution in [3.8, 4) is 0 Å². The summed E-state index contributed by atoms with van der Waals surface area (Å²) in [5.41, 5.74) is 0.878. The van der Waals surface area contributed by atoms with Gasteiger partial charge in [0.05, 0.1) is 5.92 Å². The highest BCUT2D eigenvalue weighted by atomic mass is 16.5. The second-order valence-corrected chi connectivity index (χ2v) is 3.72. The minimum atomic E-state index is -0.465. The number of hydrogen-bond acceptors (Lipinski definition) is 3. The van der Waals surface area contributed by atoms with E-state index in [4.69, 9.17) is 4.74 Å². The number of ketones is 1. The predicted octanol–water partition coefficient (Wildman–Crippen LogP) is 1.84. The van der Waals surface area contributed by atoms with Crippen LogP contribution in [0.4, 0.5) is 0 Å². The van der Waals surface area contributed by atoms with Crippen LogP contribution in [0.15, 0.2) is 42.5 Å². The second kappa shape index (κ2) is 4.31. The summed E-state index contributed by atoms with van der Waals surface area (Å²) >= 11 is 0. The fraction of sp³-hybridized carbons (Fsp3) is 0.231. The Morgan fingerprint density at radius 1 is 1.25 bits per heavy atom. The molecule has 0 bridgehead atoms. The molecule has 0 fully saturated rings. The van der Waals surface area contributed by atoms with E-state index in [0.717, 1.165) is 5.56 Å². The van der Waals surface area contributed by atoms with Gasteiger partial charge in [0.15, 0.2) is 5.78 Å². The molecule has 0 aromatic heterocycles. The maximum absolute atomic E-state index is 11.7. The third kappa shape index (κ3) is 2.03. The van der Waals surface area contributed by atoms with Crippen LogP contribution in [0.3, 0.4) is 0 Å². The molecule has 1 aromatic rings. The zero-order valence-electron chi connectivity index (χ0n) is 8.92. The number of benzene rings is 1. The molecule has 0 amide bonds. The van der Waals surface area contributed by atoms with E-state index in [1.165, 1.54) is 13.0 Å². The van der Waals surface area contributed by atoms with Gasteiger partial charge < -0.3 is 4.74 Å². The van der Waals surface area contributed by atoms with Gasteiger partial charge in [-0.3, -0.25) is 9.59 Å².